The lowest BCUT2D eigenvalue weighted by molar-refractivity contribution is -0.128. The molecule has 1 saturated carbocycles. The lowest BCUT2D eigenvalue weighted by Gasteiger charge is -2.18. The summed E-state index contributed by atoms with van der Waals surface area (Å²) < 4.78 is 7.28. The largest absolute Gasteiger partial charge is 0.369 e. The maximum absolute atomic E-state index is 11.8. The number of carbonyl (C=O) groups is 1. The van der Waals surface area contributed by atoms with Crippen molar-refractivity contribution in [3.8, 4) is 0 Å². The van der Waals surface area contributed by atoms with Crippen molar-refractivity contribution >= 4 is 5.91 Å². The van der Waals surface area contributed by atoms with Crippen LogP contribution in [0.2, 0.25) is 0 Å². The lowest BCUT2D eigenvalue weighted by Crippen LogP contribution is -2.34. The quantitative estimate of drug-likeness (QED) is 0.831. The number of nitrogens with zero attached hydrogens (tertiary/aromatic N) is 2. The van der Waals surface area contributed by atoms with E-state index in [4.69, 9.17) is 4.74 Å². The highest BCUT2D eigenvalue weighted by Gasteiger charge is 2.35. The zero-order valence-electron chi connectivity index (χ0n) is 11.2. The maximum Gasteiger partial charge on any atom is 0.246 e. The van der Waals surface area contributed by atoms with E-state index >= 15 is 0 Å². The third-order valence-electron chi connectivity index (χ3n) is 3.09. The highest BCUT2D eigenvalue weighted by atomic mass is 16.5. The molecular formula is C13H21N3O2. The topological polar surface area (TPSA) is 56.1 Å². The molecule has 5 heteroatoms. The van der Waals surface area contributed by atoms with Crippen LogP contribution in [0.3, 0.4) is 0 Å². The number of rotatable bonds is 6. The molecule has 2 rings (SSSR count). The number of aryl methyl sites for hydroxylation is 1. The van der Waals surface area contributed by atoms with Gasteiger partial charge >= 0.3 is 0 Å². The molecule has 100 valence electrons. The number of amides is 1. The molecule has 1 fully saturated rings. The van der Waals surface area contributed by atoms with Crippen LogP contribution in [-0.2, 0) is 16.6 Å². The second-order valence-corrected chi connectivity index (χ2v) is 5.14. The van der Waals surface area contributed by atoms with Gasteiger partial charge in [-0.15, -0.1) is 0 Å². The fourth-order valence-corrected chi connectivity index (χ4v) is 1.96. The van der Waals surface area contributed by atoms with Crippen LogP contribution < -0.4 is 5.32 Å². The van der Waals surface area contributed by atoms with Crippen molar-refractivity contribution in [3.05, 3.63) is 18.2 Å². The van der Waals surface area contributed by atoms with E-state index in [-0.39, 0.29) is 24.7 Å². The van der Waals surface area contributed by atoms with E-state index in [9.17, 15) is 4.79 Å². The molecule has 1 N–H and O–H groups in total. The van der Waals surface area contributed by atoms with Gasteiger partial charge in [-0.1, -0.05) is 0 Å². The Morgan fingerprint density at radius 1 is 1.61 bits per heavy atom. The van der Waals surface area contributed by atoms with E-state index < -0.39 is 0 Å². The molecule has 1 atom stereocenters. The monoisotopic (exact) mass is 251 g/mol. The average molecular weight is 251 g/mol. The van der Waals surface area contributed by atoms with E-state index in [1.54, 1.807) is 6.20 Å². The maximum atomic E-state index is 11.8. The molecule has 0 radical (unpaired) electrons. The van der Waals surface area contributed by atoms with Crippen LogP contribution >= 0.6 is 0 Å². The Labute approximate surface area is 108 Å². The van der Waals surface area contributed by atoms with Gasteiger partial charge in [-0.25, -0.2) is 4.98 Å². The summed E-state index contributed by atoms with van der Waals surface area (Å²) in [6.07, 6.45) is 6.05. The number of carbonyl (C=O) groups excluding carboxylic acids is 1. The minimum atomic E-state index is -0.0661. The molecule has 1 aliphatic rings. The Morgan fingerprint density at radius 3 is 2.83 bits per heavy atom. The third-order valence-corrected chi connectivity index (χ3v) is 3.09. The van der Waals surface area contributed by atoms with Gasteiger partial charge in [-0.3, -0.25) is 4.79 Å². The molecule has 1 heterocycles. The minimum absolute atomic E-state index is 0.0215. The van der Waals surface area contributed by atoms with Gasteiger partial charge in [0.05, 0.1) is 12.1 Å². The summed E-state index contributed by atoms with van der Waals surface area (Å²) in [5, 5.41) is 3.03. The first kappa shape index (κ1) is 13.1. The number of imidazole rings is 1. The molecule has 1 amide bonds. The lowest BCUT2D eigenvalue weighted by atomic mass is 10.1. The van der Waals surface area contributed by atoms with Crippen molar-refractivity contribution in [2.75, 3.05) is 6.61 Å². The molecule has 0 spiro atoms. The van der Waals surface area contributed by atoms with Gasteiger partial charge in [0.15, 0.2) is 0 Å². The van der Waals surface area contributed by atoms with Crippen LogP contribution in [0.5, 0.6) is 0 Å². The number of hydrogen-bond acceptors (Lipinski definition) is 3. The molecule has 1 aromatic rings. The molecule has 0 unspecified atom stereocenters. The third kappa shape index (κ3) is 3.32. The van der Waals surface area contributed by atoms with Crippen molar-refractivity contribution < 1.29 is 9.53 Å². The first-order chi connectivity index (χ1) is 8.58. The smallest absolute Gasteiger partial charge is 0.246 e. The molecule has 1 aliphatic carbocycles. The second-order valence-electron chi connectivity index (χ2n) is 5.14. The van der Waals surface area contributed by atoms with Crippen LogP contribution in [0.1, 0.15) is 38.6 Å². The molecule has 0 aromatic carbocycles. The summed E-state index contributed by atoms with van der Waals surface area (Å²) in [6.45, 7) is 3.96. The summed E-state index contributed by atoms with van der Waals surface area (Å²) in [4.78, 5) is 16.2. The van der Waals surface area contributed by atoms with Gasteiger partial charge in [0.1, 0.15) is 12.4 Å². The highest BCUT2D eigenvalue weighted by Crippen LogP contribution is 2.40. The summed E-state index contributed by atoms with van der Waals surface area (Å²) in [5.41, 5.74) is 0. The van der Waals surface area contributed by atoms with E-state index in [0.717, 1.165) is 18.7 Å². The average Bonchev–Trinajstić information content (AvgIpc) is 3.07. The van der Waals surface area contributed by atoms with E-state index in [1.165, 1.54) is 0 Å². The van der Waals surface area contributed by atoms with Crippen molar-refractivity contribution in [2.45, 2.75) is 38.8 Å². The van der Waals surface area contributed by atoms with Crippen LogP contribution in [0, 0.1) is 5.92 Å². The Morgan fingerprint density at radius 2 is 2.33 bits per heavy atom. The van der Waals surface area contributed by atoms with E-state index in [2.05, 4.69) is 10.3 Å². The first-order valence-electron chi connectivity index (χ1n) is 6.46. The summed E-state index contributed by atoms with van der Waals surface area (Å²) >= 11 is 0. The zero-order valence-corrected chi connectivity index (χ0v) is 11.2. The predicted octanol–water partition coefficient (Wildman–Crippen LogP) is 1.41. The number of hydrogen-bond donors (Lipinski definition) is 1. The van der Waals surface area contributed by atoms with Gasteiger partial charge < -0.3 is 14.6 Å². The van der Waals surface area contributed by atoms with Crippen LogP contribution in [0.15, 0.2) is 12.4 Å². The normalized spacial score (nSPS) is 16.9. The molecule has 5 nitrogen and oxygen atoms in total. The predicted molar refractivity (Wildman–Crippen MR) is 67.9 cm³/mol. The Hall–Kier alpha value is -1.36. The first-order valence-corrected chi connectivity index (χ1v) is 6.46. The van der Waals surface area contributed by atoms with Gasteiger partial charge in [-0.2, -0.15) is 0 Å². The van der Waals surface area contributed by atoms with Crippen molar-refractivity contribution in [1.29, 1.82) is 0 Å². The van der Waals surface area contributed by atoms with Gasteiger partial charge in [0.2, 0.25) is 5.91 Å². The zero-order chi connectivity index (χ0) is 13.1. The van der Waals surface area contributed by atoms with E-state index in [0.29, 0.717) is 5.92 Å². The highest BCUT2D eigenvalue weighted by molar-refractivity contribution is 5.77. The summed E-state index contributed by atoms with van der Waals surface area (Å²) in [7, 11) is 1.95. The molecule has 0 saturated heterocycles. The summed E-state index contributed by atoms with van der Waals surface area (Å²) in [5.74, 6) is 1.38. The fourth-order valence-electron chi connectivity index (χ4n) is 1.96. The molecule has 18 heavy (non-hydrogen) atoms. The van der Waals surface area contributed by atoms with Crippen LogP contribution in [-0.4, -0.2) is 28.2 Å². The minimum Gasteiger partial charge on any atom is -0.369 e. The summed E-state index contributed by atoms with van der Waals surface area (Å²) in [6, 6.07) is 0.0215. The van der Waals surface area contributed by atoms with Crippen LogP contribution in [0.25, 0.3) is 0 Å². The molecule has 1 aromatic heterocycles. The number of nitrogens with one attached hydrogen (secondary N) is 1. The van der Waals surface area contributed by atoms with Crippen molar-refractivity contribution in [2.24, 2.45) is 13.0 Å². The van der Waals surface area contributed by atoms with Crippen molar-refractivity contribution in [3.63, 3.8) is 0 Å². The Kier molecular flexibility index (Phi) is 4.01. The van der Waals surface area contributed by atoms with E-state index in [1.807, 2.05) is 31.7 Å². The standard InChI is InChI=1S/C13H21N3O2/c1-9(2)18-8-11(17)15-12(10-4-5-10)13-14-6-7-16(13)3/h6-7,9-10,12H,4-5,8H2,1-3H3,(H,15,17)/t12-/m0/s1. The van der Waals surface area contributed by atoms with Crippen LogP contribution in [0.4, 0.5) is 0 Å². The molecule has 0 aliphatic heterocycles. The Balaban J connectivity index is 1.95. The fraction of sp³-hybridized carbons (Fsp3) is 0.692. The molecular weight excluding hydrogens is 230 g/mol. The van der Waals surface area contributed by atoms with Gasteiger partial charge in [0.25, 0.3) is 0 Å². The Bertz CT molecular complexity index is 410. The number of aromatic nitrogens is 2. The number of ether oxygens (including phenoxy) is 1. The SMILES string of the molecule is CC(C)OCC(=O)N[C@H](c1nccn1C)C1CC1. The van der Waals surface area contributed by atoms with Gasteiger partial charge in [0, 0.05) is 19.4 Å². The second kappa shape index (κ2) is 5.52. The van der Waals surface area contributed by atoms with Gasteiger partial charge in [-0.05, 0) is 32.6 Å². The molecule has 0 bridgehead atoms. The van der Waals surface area contributed by atoms with Crippen molar-refractivity contribution in [1.82, 2.24) is 14.9 Å².